The second-order valence-electron chi connectivity index (χ2n) is 4.95. The molecule has 1 rings (SSSR count). The predicted molar refractivity (Wildman–Crippen MR) is 87.2 cm³/mol. The van der Waals surface area contributed by atoms with E-state index in [0.717, 1.165) is 4.88 Å². The van der Waals surface area contributed by atoms with Gasteiger partial charge in [0.05, 0.1) is 6.61 Å². The first-order chi connectivity index (χ1) is 9.91. The van der Waals surface area contributed by atoms with Gasteiger partial charge >= 0.3 is 0 Å². The molecule has 0 bridgehead atoms. The molecule has 0 aliphatic carbocycles. The molecule has 5 nitrogen and oxygen atoms in total. The molecule has 0 fully saturated rings. The summed E-state index contributed by atoms with van der Waals surface area (Å²) >= 11 is 1.33. The van der Waals surface area contributed by atoms with Crippen molar-refractivity contribution in [3.05, 3.63) is 17.0 Å². The highest BCUT2D eigenvalue weighted by molar-refractivity contribution is 7.91. The molecule has 0 amide bonds. The summed E-state index contributed by atoms with van der Waals surface area (Å²) in [4.78, 5) is 1.03. The Morgan fingerprint density at radius 2 is 2.05 bits per heavy atom. The second-order valence-corrected chi connectivity index (χ2v) is 8.28. The van der Waals surface area contributed by atoms with Crippen molar-refractivity contribution in [3.8, 4) is 0 Å². The molecular weight excluding hydrogens is 308 g/mol. The zero-order chi connectivity index (χ0) is 15.9. The van der Waals surface area contributed by atoms with Crippen LogP contribution in [0.25, 0.3) is 0 Å². The first kappa shape index (κ1) is 18.6. The minimum absolute atomic E-state index is 0.380. The van der Waals surface area contributed by atoms with Crippen LogP contribution in [0.4, 0.5) is 0 Å². The lowest BCUT2D eigenvalue weighted by molar-refractivity contribution is 0.135. The zero-order valence-corrected chi connectivity index (χ0v) is 14.9. The SMILES string of the molecule is CCOCCN(CC)S(=O)(=O)c1ccc(CNC(C)C)s1. The lowest BCUT2D eigenvalue weighted by Gasteiger charge is -2.19. The molecule has 0 unspecified atom stereocenters. The Labute approximate surface area is 132 Å². The summed E-state index contributed by atoms with van der Waals surface area (Å²) in [5.41, 5.74) is 0. The Balaban J connectivity index is 2.76. The van der Waals surface area contributed by atoms with Gasteiger partial charge in [-0.25, -0.2) is 8.42 Å². The van der Waals surface area contributed by atoms with Crippen molar-refractivity contribution in [1.29, 1.82) is 0 Å². The van der Waals surface area contributed by atoms with Crippen molar-refractivity contribution in [3.63, 3.8) is 0 Å². The Kier molecular flexibility index (Phi) is 7.83. The Morgan fingerprint density at radius 1 is 1.33 bits per heavy atom. The monoisotopic (exact) mass is 334 g/mol. The van der Waals surface area contributed by atoms with Crippen molar-refractivity contribution in [1.82, 2.24) is 9.62 Å². The maximum absolute atomic E-state index is 12.6. The fourth-order valence-corrected chi connectivity index (χ4v) is 4.68. The van der Waals surface area contributed by atoms with Crippen LogP contribution in [0.2, 0.25) is 0 Å². The van der Waals surface area contributed by atoms with Crippen LogP contribution >= 0.6 is 11.3 Å². The van der Waals surface area contributed by atoms with Gasteiger partial charge < -0.3 is 10.1 Å². The summed E-state index contributed by atoms with van der Waals surface area (Å²) in [6.07, 6.45) is 0. The van der Waals surface area contributed by atoms with Crippen molar-refractivity contribution in [2.24, 2.45) is 0 Å². The second kappa shape index (κ2) is 8.85. The first-order valence-corrected chi connectivity index (χ1v) is 9.57. The number of hydrogen-bond acceptors (Lipinski definition) is 5. The predicted octanol–water partition coefficient (Wildman–Crippen LogP) is 2.29. The van der Waals surface area contributed by atoms with Gasteiger partial charge in [0.25, 0.3) is 10.0 Å². The average molecular weight is 335 g/mol. The number of rotatable bonds is 10. The molecule has 1 heterocycles. The van der Waals surface area contributed by atoms with Crippen molar-refractivity contribution in [2.75, 3.05) is 26.3 Å². The van der Waals surface area contributed by atoms with E-state index in [1.54, 1.807) is 6.07 Å². The number of nitrogens with zero attached hydrogens (tertiary/aromatic N) is 1. The molecule has 0 atom stereocenters. The molecule has 21 heavy (non-hydrogen) atoms. The Morgan fingerprint density at radius 3 is 2.62 bits per heavy atom. The van der Waals surface area contributed by atoms with Gasteiger partial charge in [-0.1, -0.05) is 20.8 Å². The van der Waals surface area contributed by atoms with Crippen LogP contribution in [0, 0.1) is 0 Å². The number of ether oxygens (including phenoxy) is 1. The largest absolute Gasteiger partial charge is 0.380 e. The topological polar surface area (TPSA) is 58.6 Å². The molecule has 0 aromatic carbocycles. The molecule has 1 N–H and O–H groups in total. The zero-order valence-electron chi connectivity index (χ0n) is 13.3. The van der Waals surface area contributed by atoms with Gasteiger partial charge in [-0.2, -0.15) is 4.31 Å². The van der Waals surface area contributed by atoms with E-state index in [2.05, 4.69) is 19.2 Å². The van der Waals surface area contributed by atoms with Crippen molar-refractivity contribution < 1.29 is 13.2 Å². The average Bonchev–Trinajstić information content (AvgIpc) is 2.90. The van der Waals surface area contributed by atoms with E-state index in [1.165, 1.54) is 15.6 Å². The molecule has 7 heteroatoms. The van der Waals surface area contributed by atoms with Crippen LogP contribution in [0.3, 0.4) is 0 Å². The molecule has 1 aromatic heterocycles. The highest BCUT2D eigenvalue weighted by Gasteiger charge is 2.24. The summed E-state index contributed by atoms with van der Waals surface area (Å²) in [6.45, 7) is 10.4. The van der Waals surface area contributed by atoms with Gasteiger partial charge in [0, 0.05) is 37.2 Å². The number of sulfonamides is 1. The van der Waals surface area contributed by atoms with Crippen LogP contribution in [0.1, 0.15) is 32.6 Å². The maximum Gasteiger partial charge on any atom is 0.252 e. The first-order valence-electron chi connectivity index (χ1n) is 7.31. The summed E-state index contributed by atoms with van der Waals surface area (Å²) in [6, 6.07) is 3.95. The van der Waals surface area contributed by atoms with Crippen molar-refractivity contribution >= 4 is 21.4 Å². The van der Waals surface area contributed by atoms with E-state index in [1.807, 2.05) is 19.9 Å². The molecule has 0 radical (unpaired) electrons. The van der Waals surface area contributed by atoms with E-state index in [4.69, 9.17) is 4.74 Å². The van der Waals surface area contributed by atoms with Gasteiger partial charge in [0.1, 0.15) is 4.21 Å². The van der Waals surface area contributed by atoms with Gasteiger partial charge in [0.2, 0.25) is 0 Å². The molecule has 0 saturated carbocycles. The fourth-order valence-electron chi connectivity index (χ4n) is 1.78. The molecule has 1 aromatic rings. The summed E-state index contributed by atoms with van der Waals surface area (Å²) in [7, 11) is -3.41. The summed E-state index contributed by atoms with van der Waals surface area (Å²) in [5.74, 6) is 0. The molecule has 122 valence electrons. The summed E-state index contributed by atoms with van der Waals surface area (Å²) in [5, 5.41) is 3.29. The van der Waals surface area contributed by atoms with Crippen LogP contribution < -0.4 is 5.32 Å². The van der Waals surface area contributed by atoms with Crippen molar-refractivity contribution in [2.45, 2.75) is 44.5 Å². The number of nitrogens with one attached hydrogen (secondary N) is 1. The highest BCUT2D eigenvalue weighted by Crippen LogP contribution is 2.24. The third kappa shape index (κ3) is 5.67. The third-order valence-electron chi connectivity index (χ3n) is 2.96. The fraction of sp³-hybridized carbons (Fsp3) is 0.714. The normalized spacial score (nSPS) is 12.5. The molecule has 0 spiro atoms. The maximum atomic E-state index is 12.6. The minimum atomic E-state index is -3.41. The van der Waals surface area contributed by atoms with Gasteiger partial charge in [-0.05, 0) is 19.1 Å². The number of hydrogen-bond donors (Lipinski definition) is 1. The van der Waals surface area contributed by atoms with E-state index in [9.17, 15) is 8.42 Å². The highest BCUT2D eigenvalue weighted by atomic mass is 32.2. The lowest BCUT2D eigenvalue weighted by atomic mass is 10.4. The van der Waals surface area contributed by atoms with E-state index in [-0.39, 0.29) is 0 Å². The van der Waals surface area contributed by atoms with Crippen LogP contribution in [-0.4, -0.2) is 45.1 Å². The standard InChI is InChI=1S/C14H26N2O3S2/c1-5-16(9-10-19-6-2)21(17,18)14-8-7-13(20-14)11-15-12(3)4/h7-8,12,15H,5-6,9-11H2,1-4H3. The molecular formula is C14H26N2O3S2. The molecule has 0 aliphatic heterocycles. The van der Waals surface area contributed by atoms with Crippen LogP contribution in [0.15, 0.2) is 16.3 Å². The van der Waals surface area contributed by atoms with Gasteiger partial charge in [-0.15, -0.1) is 11.3 Å². The Bertz CT molecular complexity index is 512. The summed E-state index contributed by atoms with van der Waals surface area (Å²) < 4.78 is 32.3. The number of thiophene rings is 1. The van der Waals surface area contributed by atoms with Crippen LogP contribution in [0.5, 0.6) is 0 Å². The van der Waals surface area contributed by atoms with Gasteiger partial charge in [-0.3, -0.25) is 0 Å². The lowest BCUT2D eigenvalue weighted by Crippen LogP contribution is -2.33. The quantitative estimate of drug-likeness (QED) is 0.667. The third-order valence-corrected chi connectivity index (χ3v) is 6.48. The van der Waals surface area contributed by atoms with E-state index >= 15 is 0 Å². The molecule has 0 saturated heterocycles. The minimum Gasteiger partial charge on any atom is -0.380 e. The smallest absolute Gasteiger partial charge is 0.252 e. The van der Waals surface area contributed by atoms with Crippen LogP contribution in [-0.2, 0) is 21.3 Å². The van der Waals surface area contributed by atoms with E-state index < -0.39 is 10.0 Å². The van der Waals surface area contributed by atoms with Gasteiger partial charge in [0.15, 0.2) is 0 Å². The van der Waals surface area contributed by atoms with E-state index in [0.29, 0.717) is 43.1 Å². The Hall–Kier alpha value is -0.470. The molecule has 0 aliphatic rings. The number of likely N-dealkylation sites (N-methyl/N-ethyl adjacent to an activating group) is 1.